The molecule has 26 heavy (non-hydrogen) atoms. The van der Waals surface area contributed by atoms with Crippen LogP contribution in [0.25, 0.3) is 11.3 Å². The Morgan fingerprint density at radius 3 is 2.69 bits per heavy atom. The fraction of sp³-hybridized carbons (Fsp3) is 0.150. The number of nitrogens with zero attached hydrogens (tertiary/aromatic N) is 2. The van der Waals surface area contributed by atoms with E-state index in [-0.39, 0.29) is 5.91 Å². The molecule has 0 aliphatic heterocycles. The van der Waals surface area contributed by atoms with E-state index in [1.165, 1.54) is 0 Å². The van der Waals surface area contributed by atoms with Gasteiger partial charge in [0, 0.05) is 17.5 Å². The number of rotatable bonds is 7. The molecule has 132 valence electrons. The van der Waals surface area contributed by atoms with Gasteiger partial charge in [-0.1, -0.05) is 30.3 Å². The minimum absolute atomic E-state index is 0.125. The van der Waals surface area contributed by atoms with Gasteiger partial charge in [-0.15, -0.1) is 0 Å². The molecular weight excluding hydrogens is 328 g/mol. The molecule has 6 nitrogen and oxygen atoms in total. The number of carbonyl (C=O) groups excluding carboxylic acids is 1. The van der Waals surface area contributed by atoms with Gasteiger partial charge in [0.15, 0.2) is 0 Å². The van der Waals surface area contributed by atoms with Gasteiger partial charge in [-0.3, -0.25) is 9.89 Å². The highest BCUT2D eigenvalue weighted by Gasteiger charge is 2.06. The first kappa shape index (κ1) is 17.4. The molecule has 0 aliphatic carbocycles. The summed E-state index contributed by atoms with van der Waals surface area (Å²) in [5.74, 6) is 0.661. The van der Waals surface area contributed by atoms with Crippen LogP contribution in [0.2, 0.25) is 0 Å². The monoisotopic (exact) mass is 348 g/mol. The van der Waals surface area contributed by atoms with Gasteiger partial charge < -0.3 is 4.74 Å². The van der Waals surface area contributed by atoms with Crippen LogP contribution in [0.3, 0.4) is 0 Å². The van der Waals surface area contributed by atoms with E-state index in [4.69, 9.17) is 4.74 Å². The molecule has 0 saturated carbocycles. The van der Waals surface area contributed by atoms with E-state index in [1.807, 2.05) is 54.6 Å². The summed E-state index contributed by atoms with van der Waals surface area (Å²) in [6.07, 6.45) is 4.33. The molecule has 0 spiro atoms. The highest BCUT2D eigenvalue weighted by Crippen LogP contribution is 2.22. The van der Waals surface area contributed by atoms with E-state index in [0.29, 0.717) is 12.8 Å². The van der Waals surface area contributed by atoms with Crippen molar-refractivity contribution in [3.63, 3.8) is 0 Å². The summed E-state index contributed by atoms with van der Waals surface area (Å²) < 4.78 is 5.16. The number of ether oxygens (including phenoxy) is 1. The normalized spacial score (nSPS) is 10.8. The second kappa shape index (κ2) is 8.62. The number of benzene rings is 2. The minimum Gasteiger partial charge on any atom is -0.497 e. The number of hydrazone groups is 1. The van der Waals surface area contributed by atoms with Crippen LogP contribution in [0, 0.1) is 0 Å². The Labute approximate surface area is 151 Å². The predicted molar refractivity (Wildman–Crippen MR) is 101 cm³/mol. The van der Waals surface area contributed by atoms with Gasteiger partial charge in [-0.25, -0.2) is 5.43 Å². The van der Waals surface area contributed by atoms with Gasteiger partial charge in [0.25, 0.3) is 0 Å². The molecule has 6 heteroatoms. The third kappa shape index (κ3) is 4.57. The third-order valence-electron chi connectivity index (χ3n) is 3.92. The van der Waals surface area contributed by atoms with Crippen LogP contribution in [0.15, 0.2) is 65.9 Å². The Morgan fingerprint density at radius 2 is 1.96 bits per heavy atom. The second-order valence-electron chi connectivity index (χ2n) is 5.71. The molecule has 1 aromatic heterocycles. The third-order valence-corrected chi connectivity index (χ3v) is 3.92. The SMILES string of the molecule is COc1ccc(-c2[nH]ncc2/C=N\NC(=O)CCc2ccccc2)cc1. The Kier molecular flexibility index (Phi) is 5.77. The molecule has 0 fully saturated rings. The number of aryl methyl sites for hydroxylation is 1. The predicted octanol–water partition coefficient (Wildman–Crippen LogP) is 3.17. The lowest BCUT2D eigenvalue weighted by Gasteiger charge is -2.03. The Morgan fingerprint density at radius 1 is 1.19 bits per heavy atom. The van der Waals surface area contributed by atoms with E-state index < -0.39 is 0 Å². The molecular formula is C20H20N4O2. The van der Waals surface area contributed by atoms with Crippen LogP contribution in [-0.2, 0) is 11.2 Å². The Balaban J connectivity index is 1.57. The Hall–Kier alpha value is -3.41. The molecule has 0 radical (unpaired) electrons. The molecule has 0 atom stereocenters. The van der Waals surface area contributed by atoms with Crippen molar-refractivity contribution >= 4 is 12.1 Å². The maximum absolute atomic E-state index is 11.9. The fourth-order valence-electron chi connectivity index (χ4n) is 2.51. The van der Waals surface area contributed by atoms with Crippen LogP contribution >= 0.6 is 0 Å². The van der Waals surface area contributed by atoms with Crippen molar-refractivity contribution in [1.29, 1.82) is 0 Å². The van der Waals surface area contributed by atoms with Gasteiger partial charge in [-0.2, -0.15) is 10.2 Å². The van der Waals surface area contributed by atoms with Crippen LogP contribution in [0.4, 0.5) is 0 Å². The van der Waals surface area contributed by atoms with E-state index in [9.17, 15) is 4.79 Å². The molecule has 0 bridgehead atoms. The summed E-state index contributed by atoms with van der Waals surface area (Å²) >= 11 is 0. The number of H-pyrrole nitrogens is 1. The van der Waals surface area contributed by atoms with E-state index in [2.05, 4.69) is 20.7 Å². The average molecular weight is 348 g/mol. The van der Waals surface area contributed by atoms with Crippen molar-refractivity contribution in [2.45, 2.75) is 12.8 Å². The molecule has 0 aliphatic rings. The zero-order chi connectivity index (χ0) is 18.2. The van der Waals surface area contributed by atoms with Gasteiger partial charge in [-0.05, 0) is 36.2 Å². The molecule has 0 unspecified atom stereocenters. The average Bonchev–Trinajstić information content (AvgIpc) is 3.16. The van der Waals surface area contributed by atoms with Crippen molar-refractivity contribution in [2.24, 2.45) is 5.10 Å². The standard InChI is InChI=1S/C20H20N4O2/c1-26-18-10-8-16(9-11-18)20-17(14-22-24-20)13-21-23-19(25)12-7-15-5-3-2-4-6-15/h2-6,8-11,13-14H,7,12H2,1H3,(H,22,24)(H,23,25)/b21-13-. The highest BCUT2D eigenvalue weighted by atomic mass is 16.5. The maximum atomic E-state index is 11.9. The maximum Gasteiger partial charge on any atom is 0.240 e. The summed E-state index contributed by atoms with van der Waals surface area (Å²) in [6.45, 7) is 0. The van der Waals surface area contributed by atoms with Crippen molar-refractivity contribution in [2.75, 3.05) is 7.11 Å². The summed E-state index contributed by atoms with van der Waals surface area (Å²) in [4.78, 5) is 11.9. The number of nitrogens with one attached hydrogen (secondary N) is 2. The van der Waals surface area contributed by atoms with Gasteiger partial charge in [0.2, 0.25) is 5.91 Å². The van der Waals surface area contributed by atoms with E-state index >= 15 is 0 Å². The number of amides is 1. The van der Waals surface area contributed by atoms with Crippen LogP contribution < -0.4 is 10.2 Å². The molecule has 1 heterocycles. The first-order valence-corrected chi connectivity index (χ1v) is 8.30. The molecule has 3 rings (SSSR count). The quantitative estimate of drug-likeness (QED) is 0.508. The molecule has 3 aromatic rings. The summed E-state index contributed by atoms with van der Waals surface area (Å²) in [5.41, 5.74) is 6.26. The van der Waals surface area contributed by atoms with Crippen molar-refractivity contribution in [3.8, 4) is 17.0 Å². The number of hydrogen-bond acceptors (Lipinski definition) is 4. The summed E-state index contributed by atoms with van der Waals surface area (Å²) in [7, 11) is 1.63. The zero-order valence-electron chi connectivity index (χ0n) is 14.5. The molecule has 0 saturated heterocycles. The first-order valence-electron chi connectivity index (χ1n) is 8.30. The van der Waals surface area contributed by atoms with Crippen molar-refractivity contribution in [3.05, 3.63) is 71.9 Å². The number of aromatic amines is 1. The molecule has 2 N–H and O–H groups in total. The first-order chi connectivity index (χ1) is 12.8. The lowest BCUT2D eigenvalue weighted by molar-refractivity contribution is -0.121. The lowest BCUT2D eigenvalue weighted by atomic mass is 10.1. The highest BCUT2D eigenvalue weighted by molar-refractivity contribution is 5.89. The fourth-order valence-corrected chi connectivity index (χ4v) is 2.51. The largest absolute Gasteiger partial charge is 0.497 e. The van der Waals surface area contributed by atoms with Crippen LogP contribution in [-0.4, -0.2) is 29.4 Å². The number of carbonyl (C=O) groups is 1. The number of methoxy groups -OCH3 is 1. The van der Waals surface area contributed by atoms with Crippen molar-refractivity contribution < 1.29 is 9.53 Å². The van der Waals surface area contributed by atoms with Crippen molar-refractivity contribution in [1.82, 2.24) is 15.6 Å². The number of hydrogen-bond donors (Lipinski definition) is 2. The van der Waals surface area contributed by atoms with E-state index in [0.717, 1.165) is 28.1 Å². The molecule has 2 aromatic carbocycles. The number of aromatic nitrogens is 2. The zero-order valence-corrected chi connectivity index (χ0v) is 14.5. The molecule has 1 amide bonds. The lowest BCUT2D eigenvalue weighted by Crippen LogP contribution is -2.17. The second-order valence-corrected chi connectivity index (χ2v) is 5.71. The van der Waals surface area contributed by atoms with Crippen LogP contribution in [0.5, 0.6) is 5.75 Å². The summed E-state index contributed by atoms with van der Waals surface area (Å²) in [5, 5.41) is 11.0. The van der Waals surface area contributed by atoms with Gasteiger partial charge in [0.05, 0.1) is 25.2 Å². The minimum atomic E-state index is -0.125. The smallest absolute Gasteiger partial charge is 0.240 e. The topological polar surface area (TPSA) is 79.4 Å². The van der Waals surface area contributed by atoms with Gasteiger partial charge in [0.1, 0.15) is 5.75 Å². The van der Waals surface area contributed by atoms with E-state index in [1.54, 1.807) is 19.5 Å². The summed E-state index contributed by atoms with van der Waals surface area (Å²) in [6, 6.07) is 17.5. The Bertz CT molecular complexity index is 870. The van der Waals surface area contributed by atoms with Gasteiger partial charge >= 0.3 is 0 Å². The van der Waals surface area contributed by atoms with Crippen LogP contribution in [0.1, 0.15) is 17.5 Å².